The second kappa shape index (κ2) is 10.2. The molecule has 0 fully saturated rings. The van der Waals surface area contributed by atoms with Crippen molar-refractivity contribution >= 4 is 44.4 Å². The van der Waals surface area contributed by atoms with Crippen molar-refractivity contribution < 1.29 is 4.74 Å². The molecular weight excluding hydrogens is 474 g/mol. The van der Waals surface area contributed by atoms with Crippen LogP contribution in [0.15, 0.2) is 126 Å². The van der Waals surface area contributed by atoms with Gasteiger partial charge in [0.15, 0.2) is 0 Å². The van der Waals surface area contributed by atoms with Gasteiger partial charge in [0.05, 0.1) is 16.4 Å². The molecule has 5 aromatic rings. The van der Waals surface area contributed by atoms with Crippen molar-refractivity contribution in [1.82, 2.24) is 4.98 Å². The molecule has 0 aliphatic carbocycles. The van der Waals surface area contributed by atoms with E-state index in [2.05, 4.69) is 83.1 Å². The Kier molecular flexibility index (Phi) is 6.36. The number of fused-ring (bicyclic) bond motifs is 1. The minimum atomic E-state index is -0.0405. The molecule has 0 saturated heterocycles. The highest BCUT2D eigenvalue weighted by atomic mass is 32.1. The average molecular weight is 500 g/mol. The maximum Gasteiger partial charge on any atom is 0.204 e. The standard InChI is InChI=1S/C32H25N3OS/c1-22-12-8-9-17-25(22)26-20-29(23-13-4-2-5-14-23)36-31(24-15-6-3-7-16-24)27(26)21-33-35-32-34-28-18-10-11-19-30(28)37-32/h2-21,26H,1H3,(H,34,35)/b33-21+. The molecule has 180 valence electrons. The van der Waals surface area contributed by atoms with Crippen LogP contribution < -0.4 is 5.43 Å². The molecule has 0 bridgehead atoms. The van der Waals surface area contributed by atoms with Crippen LogP contribution in [-0.4, -0.2) is 11.2 Å². The third kappa shape index (κ3) is 4.82. The molecule has 0 saturated carbocycles. The first-order valence-electron chi connectivity index (χ1n) is 12.2. The van der Waals surface area contributed by atoms with Crippen LogP contribution in [0.2, 0.25) is 0 Å². The zero-order valence-electron chi connectivity index (χ0n) is 20.3. The van der Waals surface area contributed by atoms with Crippen molar-refractivity contribution in [2.24, 2.45) is 5.10 Å². The summed E-state index contributed by atoms with van der Waals surface area (Å²) in [6.45, 7) is 2.15. The first kappa shape index (κ1) is 23.0. The maximum atomic E-state index is 6.62. The van der Waals surface area contributed by atoms with Gasteiger partial charge in [0.2, 0.25) is 5.13 Å². The second-order valence-corrected chi connectivity index (χ2v) is 9.87. The van der Waals surface area contributed by atoms with E-state index in [9.17, 15) is 0 Å². The average Bonchev–Trinajstić information content (AvgIpc) is 3.37. The van der Waals surface area contributed by atoms with E-state index < -0.39 is 0 Å². The first-order valence-corrected chi connectivity index (χ1v) is 13.0. The molecular formula is C32H25N3OS. The van der Waals surface area contributed by atoms with Gasteiger partial charge in [-0.2, -0.15) is 5.10 Å². The van der Waals surface area contributed by atoms with Gasteiger partial charge in [0.1, 0.15) is 11.5 Å². The van der Waals surface area contributed by atoms with Gasteiger partial charge in [-0.05, 0) is 36.3 Å². The van der Waals surface area contributed by atoms with Gasteiger partial charge in [0.25, 0.3) is 0 Å². The summed E-state index contributed by atoms with van der Waals surface area (Å²) in [6, 6.07) is 37.1. The highest BCUT2D eigenvalue weighted by Crippen LogP contribution is 2.41. The fourth-order valence-corrected chi connectivity index (χ4v) is 5.38. The quantitative estimate of drug-likeness (QED) is 0.189. The third-order valence-corrected chi connectivity index (χ3v) is 7.34. The Morgan fingerprint density at radius 1 is 0.811 bits per heavy atom. The number of benzene rings is 4. The molecule has 2 heterocycles. The van der Waals surface area contributed by atoms with E-state index in [1.807, 2.05) is 60.8 Å². The number of para-hydroxylation sites is 1. The molecule has 0 amide bonds. The first-order chi connectivity index (χ1) is 18.3. The van der Waals surface area contributed by atoms with E-state index in [1.165, 1.54) is 11.1 Å². The lowest BCUT2D eigenvalue weighted by atomic mass is 9.84. The Morgan fingerprint density at radius 3 is 2.24 bits per heavy atom. The Morgan fingerprint density at radius 2 is 1.49 bits per heavy atom. The zero-order valence-corrected chi connectivity index (χ0v) is 21.2. The lowest BCUT2D eigenvalue weighted by molar-refractivity contribution is 0.456. The van der Waals surface area contributed by atoms with Crippen LogP contribution in [0.5, 0.6) is 0 Å². The molecule has 37 heavy (non-hydrogen) atoms. The number of rotatable bonds is 6. The summed E-state index contributed by atoms with van der Waals surface area (Å²) in [5.41, 5.74) is 9.57. The molecule has 0 spiro atoms. The third-order valence-electron chi connectivity index (χ3n) is 6.40. The van der Waals surface area contributed by atoms with Crippen molar-refractivity contribution in [3.05, 3.63) is 143 Å². The van der Waals surface area contributed by atoms with Crippen molar-refractivity contribution in [1.29, 1.82) is 0 Å². The van der Waals surface area contributed by atoms with E-state index in [4.69, 9.17) is 4.74 Å². The number of nitrogens with zero attached hydrogens (tertiary/aromatic N) is 2. The summed E-state index contributed by atoms with van der Waals surface area (Å²) < 4.78 is 7.75. The van der Waals surface area contributed by atoms with E-state index in [0.29, 0.717) is 0 Å². The SMILES string of the molecule is Cc1ccccc1C1C=C(c2ccccc2)OC(c2ccccc2)=C1/C=N/Nc1nc2ccccc2s1. The summed E-state index contributed by atoms with van der Waals surface area (Å²) in [6.07, 6.45) is 4.08. The Balaban J connectivity index is 1.45. The molecule has 1 aliphatic rings. The van der Waals surface area contributed by atoms with Crippen molar-refractivity contribution in [3.63, 3.8) is 0 Å². The summed E-state index contributed by atoms with van der Waals surface area (Å²) >= 11 is 1.58. The predicted molar refractivity (Wildman–Crippen MR) is 155 cm³/mol. The number of hydrogen-bond acceptors (Lipinski definition) is 5. The van der Waals surface area contributed by atoms with E-state index >= 15 is 0 Å². The van der Waals surface area contributed by atoms with Crippen LogP contribution in [0, 0.1) is 6.92 Å². The van der Waals surface area contributed by atoms with Gasteiger partial charge in [-0.15, -0.1) is 0 Å². The minimum Gasteiger partial charge on any atom is -0.456 e. The molecule has 0 radical (unpaired) electrons. The lowest BCUT2D eigenvalue weighted by Gasteiger charge is -2.28. The summed E-state index contributed by atoms with van der Waals surface area (Å²) in [4.78, 5) is 4.65. The smallest absolute Gasteiger partial charge is 0.204 e. The van der Waals surface area contributed by atoms with Crippen LogP contribution in [0.3, 0.4) is 0 Å². The number of nitrogens with one attached hydrogen (secondary N) is 1. The summed E-state index contributed by atoms with van der Waals surface area (Å²) in [5.74, 6) is 1.59. The number of aromatic nitrogens is 1. The van der Waals surface area contributed by atoms with E-state index in [1.54, 1.807) is 11.3 Å². The fourth-order valence-electron chi connectivity index (χ4n) is 4.57. The Labute approximate surface area is 220 Å². The predicted octanol–water partition coefficient (Wildman–Crippen LogP) is 8.27. The molecule has 1 aromatic heterocycles. The molecule has 1 N–H and O–H groups in total. The molecule has 4 aromatic carbocycles. The second-order valence-electron chi connectivity index (χ2n) is 8.84. The highest BCUT2D eigenvalue weighted by molar-refractivity contribution is 7.22. The summed E-state index contributed by atoms with van der Waals surface area (Å²) in [7, 11) is 0. The van der Waals surface area contributed by atoms with Crippen LogP contribution in [0.4, 0.5) is 5.13 Å². The molecule has 4 nitrogen and oxygen atoms in total. The van der Waals surface area contributed by atoms with Crippen LogP contribution in [-0.2, 0) is 4.74 Å². The van der Waals surface area contributed by atoms with Gasteiger partial charge in [-0.25, -0.2) is 4.98 Å². The molecule has 1 aliphatic heterocycles. The van der Waals surface area contributed by atoms with Crippen LogP contribution in [0.1, 0.15) is 28.2 Å². The lowest BCUT2D eigenvalue weighted by Crippen LogP contribution is -2.14. The number of hydrazone groups is 1. The number of thiazole rings is 1. The van der Waals surface area contributed by atoms with Crippen LogP contribution >= 0.6 is 11.3 Å². The van der Waals surface area contributed by atoms with Gasteiger partial charge in [-0.3, -0.25) is 5.43 Å². The summed E-state index contributed by atoms with van der Waals surface area (Å²) in [5, 5.41) is 5.40. The highest BCUT2D eigenvalue weighted by Gasteiger charge is 2.28. The van der Waals surface area contributed by atoms with Crippen molar-refractivity contribution in [2.45, 2.75) is 12.8 Å². The largest absolute Gasteiger partial charge is 0.456 e. The number of hydrogen-bond donors (Lipinski definition) is 1. The molecule has 1 unspecified atom stereocenters. The topological polar surface area (TPSA) is 46.5 Å². The molecule has 6 rings (SSSR count). The fraction of sp³-hybridized carbons (Fsp3) is 0.0625. The van der Waals surface area contributed by atoms with Gasteiger partial charge >= 0.3 is 0 Å². The number of allylic oxidation sites excluding steroid dienone is 2. The van der Waals surface area contributed by atoms with Gasteiger partial charge in [-0.1, -0.05) is 108 Å². The molecule has 5 heteroatoms. The Bertz CT molecular complexity index is 1600. The van der Waals surface area contributed by atoms with E-state index in [0.717, 1.165) is 43.6 Å². The van der Waals surface area contributed by atoms with Gasteiger partial charge in [0, 0.05) is 22.6 Å². The normalized spacial score (nSPS) is 15.6. The van der Waals surface area contributed by atoms with Crippen LogP contribution in [0.25, 0.3) is 21.7 Å². The monoisotopic (exact) mass is 499 g/mol. The molecule has 1 atom stereocenters. The zero-order chi connectivity index (χ0) is 25.0. The van der Waals surface area contributed by atoms with Crippen molar-refractivity contribution in [2.75, 3.05) is 5.43 Å². The van der Waals surface area contributed by atoms with Crippen molar-refractivity contribution in [3.8, 4) is 0 Å². The number of ether oxygens (including phenoxy) is 1. The van der Waals surface area contributed by atoms with E-state index in [-0.39, 0.29) is 5.92 Å². The van der Waals surface area contributed by atoms with Gasteiger partial charge < -0.3 is 4.74 Å². The number of aryl methyl sites for hydroxylation is 1. The number of anilines is 1. The maximum absolute atomic E-state index is 6.62. The Hall–Kier alpha value is -4.48. The minimum absolute atomic E-state index is 0.0405.